The van der Waals surface area contributed by atoms with E-state index in [0.29, 0.717) is 35.7 Å². The Morgan fingerprint density at radius 1 is 1.22 bits per heavy atom. The fourth-order valence-corrected chi connectivity index (χ4v) is 4.17. The molecule has 2 atom stereocenters. The van der Waals surface area contributed by atoms with Crippen molar-refractivity contribution < 1.29 is 23.9 Å². The molecule has 3 amide bonds. The van der Waals surface area contributed by atoms with Gasteiger partial charge in [0.15, 0.2) is 0 Å². The summed E-state index contributed by atoms with van der Waals surface area (Å²) in [6, 6.07) is 9.27. The Kier molecular flexibility index (Phi) is 8.92. The van der Waals surface area contributed by atoms with Gasteiger partial charge in [-0.15, -0.1) is 0 Å². The van der Waals surface area contributed by atoms with Crippen LogP contribution in [0.1, 0.15) is 48.8 Å². The first-order valence-electron chi connectivity index (χ1n) is 11.7. The van der Waals surface area contributed by atoms with E-state index in [1.807, 2.05) is 18.2 Å². The minimum Gasteiger partial charge on any atom is -0.456 e. The molecule has 2 aromatic rings. The number of halogens is 1. The van der Waals surface area contributed by atoms with E-state index in [1.54, 1.807) is 58.2 Å². The molecule has 2 heterocycles. The molecule has 1 aromatic heterocycles. The van der Waals surface area contributed by atoms with Gasteiger partial charge in [0.25, 0.3) is 0 Å². The second-order valence-electron chi connectivity index (χ2n) is 9.74. The number of urea groups is 1. The van der Waals surface area contributed by atoms with Crippen LogP contribution in [0.15, 0.2) is 42.6 Å². The maximum absolute atomic E-state index is 13.2. The van der Waals surface area contributed by atoms with Crippen molar-refractivity contribution in [2.24, 2.45) is 0 Å². The van der Waals surface area contributed by atoms with Crippen molar-refractivity contribution in [1.29, 1.82) is 0 Å². The Bertz CT molecular complexity index is 1090. The summed E-state index contributed by atoms with van der Waals surface area (Å²) in [4.78, 5) is 45.9. The lowest BCUT2D eigenvalue weighted by Crippen LogP contribution is -2.49. The second kappa shape index (κ2) is 11.7. The normalized spacial score (nSPS) is 17.6. The highest BCUT2D eigenvalue weighted by Gasteiger charge is 2.41. The zero-order valence-electron chi connectivity index (χ0n) is 21.3. The molecule has 0 aliphatic carbocycles. The maximum Gasteiger partial charge on any atom is 0.338 e. The molecule has 1 N–H and O–H groups in total. The van der Waals surface area contributed by atoms with Gasteiger partial charge in [-0.25, -0.2) is 9.59 Å². The van der Waals surface area contributed by atoms with Crippen LogP contribution in [0.5, 0.6) is 0 Å². The molecule has 0 spiro atoms. The quantitative estimate of drug-likeness (QED) is 0.564. The van der Waals surface area contributed by atoms with Gasteiger partial charge in [-0.3, -0.25) is 9.78 Å². The van der Waals surface area contributed by atoms with Crippen molar-refractivity contribution in [2.45, 2.75) is 58.0 Å². The summed E-state index contributed by atoms with van der Waals surface area (Å²) in [6.07, 6.45) is 1.83. The van der Waals surface area contributed by atoms with Gasteiger partial charge in [0.2, 0.25) is 5.91 Å². The lowest BCUT2D eigenvalue weighted by atomic mass is 10.1. The van der Waals surface area contributed by atoms with Gasteiger partial charge in [0.05, 0.1) is 23.9 Å². The zero-order valence-corrected chi connectivity index (χ0v) is 22.0. The summed E-state index contributed by atoms with van der Waals surface area (Å²) in [5, 5.41) is 3.17. The first-order valence-corrected chi connectivity index (χ1v) is 12.1. The number of hydrogen-bond acceptors (Lipinski definition) is 6. The highest BCUT2D eigenvalue weighted by Crippen LogP contribution is 2.24. The fourth-order valence-electron chi connectivity index (χ4n) is 3.92. The minimum absolute atomic E-state index is 0.130. The van der Waals surface area contributed by atoms with Crippen LogP contribution in [0, 0.1) is 0 Å². The molecule has 9 nitrogen and oxygen atoms in total. The highest BCUT2D eigenvalue weighted by atomic mass is 35.5. The van der Waals surface area contributed by atoms with Crippen LogP contribution in [-0.4, -0.2) is 71.1 Å². The number of aromatic nitrogens is 1. The molecule has 1 saturated heterocycles. The third kappa shape index (κ3) is 7.18. The van der Waals surface area contributed by atoms with Crippen LogP contribution >= 0.6 is 11.6 Å². The van der Waals surface area contributed by atoms with E-state index < -0.39 is 23.6 Å². The van der Waals surface area contributed by atoms with E-state index in [9.17, 15) is 14.4 Å². The minimum atomic E-state index is -0.659. The molecule has 1 aliphatic heterocycles. The van der Waals surface area contributed by atoms with Crippen molar-refractivity contribution in [3.8, 4) is 0 Å². The van der Waals surface area contributed by atoms with Crippen LogP contribution < -0.4 is 5.32 Å². The number of likely N-dealkylation sites (tertiary alicyclic amines) is 1. The molecular formula is C26H33ClN4O5. The number of pyridine rings is 1. The second-order valence-corrected chi connectivity index (χ2v) is 10.2. The van der Waals surface area contributed by atoms with Crippen molar-refractivity contribution in [3.63, 3.8) is 0 Å². The number of carbonyl (C=O) groups excluding carboxylic acids is 3. The summed E-state index contributed by atoms with van der Waals surface area (Å²) in [5.41, 5.74) is 1.10. The van der Waals surface area contributed by atoms with E-state index in [-0.39, 0.29) is 18.6 Å². The van der Waals surface area contributed by atoms with Crippen LogP contribution in [0.2, 0.25) is 5.02 Å². The largest absolute Gasteiger partial charge is 0.456 e. The molecule has 194 valence electrons. The number of carbonyl (C=O) groups is 3. The number of hydrogen-bond donors (Lipinski definition) is 1. The van der Waals surface area contributed by atoms with E-state index >= 15 is 0 Å². The molecule has 0 radical (unpaired) electrons. The number of ether oxygens (including phenoxy) is 2. The average Bonchev–Trinajstić information content (AvgIpc) is 3.26. The number of amides is 3. The number of likely N-dealkylation sites (N-methyl/N-ethyl adjacent to an activating group) is 1. The lowest BCUT2D eigenvalue weighted by Gasteiger charge is -2.28. The molecule has 3 rings (SSSR count). The Morgan fingerprint density at radius 3 is 2.58 bits per heavy atom. The van der Waals surface area contributed by atoms with Crippen molar-refractivity contribution in [3.05, 3.63) is 64.4 Å². The third-order valence-electron chi connectivity index (χ3n) is 5.76. The Hall–Kier alpha value is -3.17. The molecule has 1 aromatic carbocycles. The standard InChI is InChI=1S/C26H33ClN4O5/c1-26(2,3)36-24(33)17-9-10-18(21(27)12-17)14-29-25(34)31-16-20(35-5)13-22(31)23(32)30(4)15-19-8-6-7-11-28-19/h6-12,20,22H,13-16H2,1-5H3,(H,29,34). The summed E-state index contributed by atoms with van der Waals surface area (Å²) in [5.74, 6) is -0.658. The fraction of sp³-hybridized carbons (Fsp3) is 0.462. The Morgan fingerprint density at radius 2 is 1.97 bits per heavy atom. The number of nitrogens with zero attached hydrogens (tertiary/aromatic N) is 3. The molecule has 2 unspecified atom stereocenters. The average molecular weight is 517 g/mol. The number of esters is 1. The number of nitrogens with one attached hydrogen (secondary N) is 1. The summed E-state index contributed by atoms with van der Waals surface area (Å²) >= 11 is 6.37. The van der Waals surface area contributed by atoms with Gasteiger partial charge in [-0.1, -0.05) is 23.7 Å². The first kappa shape index (κ1) is 27.4. The SMILES string of the molecule is COC1CC(C(=O)N(C)Cc2ccccn2)N(C(=O)NCc2ccc(C(=O)OC(C)(C)C)cc2Cl)C1. The van der Waals surface area contributed by atoms with E-state index in [1.165, 1.54) is 11.0 Å². The smallest absolute Gasteiger partial charge is 0.338 e. The summed E-state index contributed by atoms with van der Waals surface area (Å²) in [7, 11) is 3.26. The zero-order chi connectivity index (χ0) is 26.5. The summed E-state index contributed by atoms with van der Waals surface area (Å²) in [6.45, 7) is 6.13. The van der Waals surface area contributed by atoms with Crippen molar-refractivity contribution >= 4 is 29.5 Å². The predicted molar refractivity (Wildman–Crippen MR) is 135 cm³/mol. The number of rotatable bonds is 7. The van der Waals surface area contributed by atoms with Gasteiger partial charge in [-0.2, -0.15) is 0 Å². The molecule has 36 heavy (non-hydrogen) atoms. The molecular weight excluding hydrogens is 484 g/mol. The maximum atomic E-state index is 13.2. The highest BCUT2D eigenvalue weighted by molar-refractivity contribution is 6.31. The monoisotopic (exact) mass is 516 g/mol. The molecule has 0 saturated carbocycles. The van der Waals surface area contributed by atoms with Crippen molar-refractivity contribution in [1.82, 2.24) is 20.1 Å². The van der Waals surface area contributed by atoms with E-state index in [4.69, 9.17) is 21.1 Å². The van der Waals surface area contributed by atoms with Crippen LogP contribution in [0.25, 0.3) is 0 Å². The number of benzene rings is 1. The number of methoxy groups -OCH3 is 1. The third-order valence-corrected chi connectivity index (χ3v) is 6.11. The van der Waals surface area contributed by atoms with Crippen LogP contribution in [-0.2, 0) is 27.4 Å². The molecule has 10 heteroatoms. The molecule has 1 fully saturated rings. The van der Waals surface area contributed by atoms with E-state index in [2.05, 4.69) is 10.3 Å². The van der Waals surface area contributed by atoms with Gasteiger partial charge < -0.3 is 24.6 Å². The van der Waals surface area contributed by atoms with Crippen molar-refractivity contribution in [2.75, 3.05) is 20.7 Å². The molecule has 0 bridgehead atoms. The van der Waals surface area contributed by atoms with Gasteiger partial charge in [0, 0.05) is 44.9 Å². The van der Waals surface area contributed by atoms with Gasteiger partial charge in [0.1, 0.15) is 11.6 Å². The molecule has 1 aliphatic rings. The van der Waals surface area contributed by atoms with E-state index in [0.717, 1.165) is 5.69 Å². The first-order chi connectivity index (χ1) is 17.0. The van der Waals surface area contributed by atoms with Crippen LogP contribution in [0.4, 0.5) is 4.79 Å². The lowest BCUT2D eigenvalue weighted by molar-refractivity contribution is -0.134. The Labute approximate surface area is 216 Å². The van der Waals surface area contributed by atoms with Gasteiger partial charge in [-0.05, 0) is 50.6 Å². The Balaban J connectivity index is 1.64. The summed E-state index contributed by atoms with van der Waals surface area (Å²) < 4.78 is 10.8. The topological polar surface area (TPSA) is 101 Å². The predicted octanol–water partition coefficient (Wildman–Crippen LogP) is 3.65. The van der Waals surface area contributed by atoms with Crippen LogP contribution in [0.3, 0.4) is 0 Å². The van der Waals surface area contributed by atoms with Gasteiger partial charge >= 0.3 is 12.0 Å².